The van der Waals surface area contributed by atoms with E-state index >= 15 is 0 Å². The van der Waals surface area contributed by atoms with E-state index in [1.165, 1.54) is 0 Å². The summed E-state index contributed by atoms with van der Waals surface area (Å²) in [5, 5.41) is 2.94. The standard InChI is InChI=1S/C21H26N4O3/c1-28-17-10-3-2-8-15(17)14-22-20(26)18-16-9-4-5-13-25(16)19(23-18)21(27)24-11-6-7-12-24/h2-3,8,10H,4-7,9,11-14H2,1H3,(H,22,26). The second-order valence-electron chi connectivity index (χ2n) is 7.33. The average Bonchev–Trinajstić information content (AvgIpc) is 3.40. The third-order valence-corrected chi connectivity index (χ3v) is 5.55. The Morgan fingerprint density at radius 1 is 1.11 bits per heavy atom. The van der Waals surface area contributed by atoms with E-state index in [2.05, 4.69) is 10.3 Å². The highest BCUT2D eigenvalue weighted by Crippen LogP contribution is 2.23. The third-order valence-electron chi connectivity index (χ3n) is 5.55. The monoisotopic (exact) mass is 382 g/mol. The molecule has 0 radical (unpaired) electrons. The number of fused-ring (bicyclic) bond motifs is 1. The van der Waals surface area contributed by atoms with Crippen molar-refractivity contribution in [1.82, 2.24) is 19.8 Å². The Balaban J connectivity index is 1.56. The molecule has 0 bridgehead atoms. The smallest absolute Gasteiger partial charge is 0.289 e. The number of carbonyl (C=O) groups is 2. The van der Waals surface area contributed by atoms with Crippen molar-refractivity contribution in [2.75, 3.05) is 20.2 Å². The van der Waals surface area contributed by atoms with Crippen LogP contribution in [0.2, 0.25) is 0 Å². The van der Waals surface area contributed by atoms with Crippen molar-refractivity contribution in [3.05, 3.63) is 47.0 Å². The Morgan fingerprint density at radius 2 is 1.86 bits per heavy atom. The van der Waals surface area contributed by atoms with Gasteiger partial charge in [0.2, 0.25) is 0 Å². The number of likely N-dealkylation sites (tertiary alicyclic amines) is 1. The van der Waals surface area contributed by atoms with Crippen LogP contribution in [0.4, 0.5) is 0 Å². The van der Waals surface area contributed by atoms with Crippen LogP contribution < -0.4 is 10.1 Å². The van der Waals surface area contributed by atoms with E-state index in [0.717, 1.165) is 68.7 Å². The van der Waals surface area contributed by atoms with Crippen molar-refractivity contribution >= 4 is 11.8 Å². The fourth-order valence-electron chi connectivity index (χ4n) is 4.06. The second kappa shape index (κ2) is 8.04. The fraction of sp³-hybridized carbons (Fsp3) is 0.476. The number of rotatable bonds is 5. The van der Waals surface area contributed by atoms with Crippen LogP contribution in [0.1, 0.15) is 58.0 Å². The maximum absolute atomic E-state index is 12.9. The van der Waals surface area contributed by atoms with Gasteiger partial charge < -0.3 is 19.5 Å². The summed E-state index contributed by atoms with van der Waals surface area (Å²) >= 11 is 0. The zero-order chi connectivity index (χ0) is 19.5. The van der Waals surface area contributed by atoms with Crippen molar-refractivity contribution in [3.63, 3.8) is 0 Å². The molecular weight excluding hydrogens is 356 g/mol. The number of imidazole rings is 1. The van der Waals surface area contributed by atoms with Gasteiger partial charge in [-0.15, -0.1) is 0 Å². The number of carbonyl (C=O) groups excluding carboxylic acids is 2. The minimum absolute atomic E-state index is 0.0515. The van der Waals surface area contributed by atoms with Crippen LogP contribution >= 0.6 is 0 Å². The summed E-state index contributed by atoms with van der Waals surface area (Å²) in [6, 6.07) is 7.60. The maximum Gasteiger partial charge on any atom is 0.289 e. The van der Waals surface area contributed by atoms with Crippen LogP contribution in [-0.2, 0) is 19.5 Å². The fourth-order valence-corrected chi connectivity index (χ4v) is 4.06. The molecular formula is C21H26N4O3. The van der Waals surface area contributed by atoms with Gasteiger partial charge in [0.1, 0.15) is 11.4 Å². The zero-order valence-electron chi connectivity index (χ0n) is 16.2. The minimum Gasteiger partial charge on any atom is -0.496 e. The van der Waals surface area contributed by atoms with Crippen molar-refractivity contribution in [1.29, 1.82) is 0 Å². The second-order valence-corrected chi connectivity index (χ2v) is 7.33. The highest BCUT2D eigenvalue weighted by atomic mass is 16.5. The molecule has 2 aromatic rings. The van der Waals surface area contributed by atoms with E-state index in [4.69, 9.17) is 4.74 Å². The summed E-state index contributed by atoms with van der Waals surface area (Å²) < 4.78 is 7.31. The molecule has 28 heavy (non-hydrogen) atoms. The SMILES string of the molecule is COc1ccccc1CNC(=O)c1nc(C(=O)N2CCCC2)n2c1CCCC2. The van der Waals surface area contributed by atoms with Crippen molar-refractivity contribution in [3.8, 4) is 5.75 Å². The van der Waals surface area contributed by atoms with Gasteiger partial charge in [0.15, 0.2) is 5.82 Å². The first-order chi connectivity index (χ1) is 13.7. The predicted molar refractivity (Wildman–Crippen MR) is 104 cm³/mol. The Labute approximate surface area is 164 Å². The number of amides is 2. The highest BCUT2D eigenvalue weighted by Gasteiger charge is 2.30. The Morgan fingerprint density at radius 3 is 2.64 bits per heavy atom. The van der Waals surface area contributed by atoms with Crippen molar-refractivity contribution in [2.45, 2.75) is 45.2 Å². The van der Waals surface area contributed by atoms with Gasteiger partial charge >= 0.3 is 0 Å². The molecule has 1 saturated heterocycles. The molecule has 1 aromatic carbocycles. The molecule has 0 aliphatic carbocycles. The maximum atomic E-state index is 12.9. The molecule has 2 aliphatic heterocycles. The number of methoxy groups -OCH3 is 1. The average molecular weight is 382 g/mol. The summed E-state index contributed by atoms with van der Waals surface area (Å²) in [7, 11) is 1.61. The van der Waals surface area contributed by atoms with Crippen molar-refractivity contribution in [2.24, 2.45) is 0 Å². The van der Waals surface area contributed by atoms with E-state index in [0.29, 0.717) is 18.1 Å². The van der Waals surface area contributed by atoms with Gasteiger partial charge in [0, 0.05) is 31.7 Å². The number of hydrogen-bond donors (Lipinski definition) is 1. The quantitative estimate of drug-likeness (QED) is 0.862. The number of hydrogen-bond acceptors (Lipinski definition) is 4. The first kappa shape index (κ1) is 18.5. The summed E-state index contributed by atoms with van der Waals surface area (Å²) in [5.41, 5.74) is 2.17. The molecule has 0 saturated carbocycles. The number of benzene rings is 1. The van der Waals surface area contributed by atoms with Crippen LogP contribution in [0.3, 0.4) is 0 Å². The van der Waals surface area contributed by atoms with Crippen molar-refractivity contribution < 1.29 is 14.3 Å². The minimum atomic E-state index is -0.239. The molecule has 1 N–H and O–H groups in total. The van der Waals surface area contributed by atoms with Crippen LogP contribution in [0.15, 0.2) is 24.3 Å². The first-order valence-electron chi connectivity index (χ1n) is 9.98. The normalized spacial score (nSPS) is 16.0. The van der Waals surface area contributed by atoms with Gasteiger partial charge in [0.25, 0.3) is 11.8 Å². The lowest BCUT2D eigenvalue weighted by molar-refractivity contribution is 0.0774. The molecule has 148 valence electrons. The molecule has 0 atom stereocenters. The molecule has 3 heterocycles. The highest BCUT2D eigenvalue weighted by molar-refractivity contribution is 5.97. The summed E-state index contributed by atoms with van der Waals surface area (Å²) in [5.74, 6) is 0.861. The Kier molecular flexibility index (Phi) is 5.32. The predicted octanol–water partition coefficient (Wildman–Crippen LogP) is 2.39. The Hall–Kier alpha value is -2.83. The number of aromatic nitrogens is 2. The number of ether oxygens (including phenoxy) is 1. The van der Waals surface area contributed by atoms with Gasteiger partial charge in [-0.1, -0.05) is 18.2 Å². The van der Waals surface area contributed by atoms with Crippen LogP contribution in [-0.4, -0.2) is 46.5 Å². The molecule has 1 aromatic heterocycles. The zero-order valence-corrected chi connectivity index (χ0v) is 16.2. The molecule has 2 amide bonds. The third kappa shape index (κ3) is 3.48. The lowest BCUT2D eigenvalue weighted by atomic mass is 10.1. The molecule has 4 rings (SSSR count). The molecule has 0 unspecified atom stereocenters. The first-order valence-corrected chi connectivity index (χ1v) is 9.98. The van der Waals surface area contributed by atoms with E-state index < -0.39 is 0 Å². The van der Waals surface area contributed by atoms with E-state index in [-0.39, 0.29) is 11.8 Å². The number of nitrogens with zero attached hydrogens (tertiary/aromatic N) is 3. The summed E-state index contributed by atoms with van der Waals surface area (Å²) in [4.78, 5) is 32.2. The summed E-state index contributed by atoms with van der Waals surface area (Å²) in [6.07, 6.45) is 4.86. The molecule has 7 nitrogen and oxygen atoms in total. The van der Waals surface area contributed by atoms with Crippen LogP contribution in [0.5, 0.6) is 5.75 Å². The lowest BCUT2D eigenvalue weighted by Crippen LogP contribution is -2.31. The van der Waals surface area contributed by atoms with Gasteiger partial charge in [-0.3, -0.25) is 9.59 Å². The lowest BCUT2D eigenvalue weighted by Gasteiger charge is -2.19. The van der Waals surface area contributed by atoms with Crippen LogP contribution in [0, 0.1) is 0 Å². The van der Waals surface area contributed by atoms with Crippen LogP contribution in [0.25, 0.3) is 0 Å². The molecule has 2 aliphatic rings. The van der Waals surface area contributed by atoms with Gasteiger partial charge in [-0.2, -0.15) is 0 Å². The largest absolute Gasteiger partial charge is 0.496 e. The number of nitrogens with one attached hydrogen (secondary N) is 1. The topological polar surface area (TPSA) is 76.5 Å². The summed E-state index contributed by atoms with van der Waals surface area (Å²) in [6.45, 7) is 2.65. The molecule has 0 spiro atoms. The van der Waals surface area contributed by atoms with E-state index in [1.807, 2.05) is 33.7 Å². The molecule has 1 fully saturated rings. The van der Waals surface area contributed by atoms with Gasteiger partial charge in [-0.25, -0.2) is 4.98 Å². The van der Waals surface area contributed by atoms with Gasteiger partial charge in [0.05, 0.1) is 12.8 Å². The molecule has 7 heteroatoms. The number of para-hydroxylation sites is 1. The Bertz CT molecular complexity index is 884. The van der Waals surface area contributed by atoms with E-state index in [1.54, 1.807) is 7.11 Å². The van der Waals surface area contributed by atoms with E-state index in [9.17, 15) is 9.59 Å². The van der Waals surface area contributed by atoms with Gasteiger partial charge in [-0.05, 0) is 38.2 Å².